The first-order valence-corrected chi connectivity index (χ1v) is 16.1. The Kier molecular flexibility index (Phi) is 13.3. The molecule has 0 spiro atoms. The lowest BCUT2D eigenvalue weighted by Crippen LogP contribution is -2.48. The van der Waals surface area contributed by atoms with E-state index in [0.717, 1.165) is 0 Å². The molecule has 18 heteroatoms. The summed E-state index contributed by atoms with van der Waals surface area (Å²) in [6.45, 7) is -2.02. The third-order valence-electron chi connectivity index (χ3n) is 7.83. The number of carboxylic acid groups (broad SMARTS) is 4. The number of esters is 1. The van der Waals surface area contributed by atoms with Crippen LogP contribution in [0.5, 0.6) is 17.2 Å². The maximum Gasteiger partial charge on any atom is 0.343 e. The summed E-state index contributed by atoms with van der Waals surface area (Å²) in [5.74, 6) is -7.46. The molecule has 0 saturated heterocycles. The number of ether oxygens (including phenoxy) is 3. The third kappa shape index (κ3) is 11.1. The van der Waals surface area contributed by atoms with Gasteiger partial charge in [-0.05, 0) is 66.4 Å². The number of rotatable bonds is 16. The molecule has 4 rings (SSSR count). The molecule has 1 aliphatic heterocycles. The fourth-order valence-corrected chi connectivity index (χ4v) is 5.53. The van der Waals surface area contributed by atoms with Crippen LogP contribution in [0.15, 0.2) is 60.7 Å². The number of para-hydroxylation sites is 1. The highest BCUT2D eigenvalue weighted by Crippen LogP contribution is 2.35. The van der Waals surface area contributed by atoms with Crippen molar-refractivity contribution in [2.24, 2.45) is 5.73 Å². The standard InChI is InChI=1S/C35H37N5O13/c36-35(37)38-22-8-11-24-21(16-22)3-2-13-52-31-25(4-1-5-27(31)53-34(24)50)32(47)40(19-30(45)46)26(33(48)49)15-20-6-9-23(10-7-20)51-14-12-39(17-28(41)42)18-29(43)44/h1,4-11,16,26H,2-3,12-15,17-19H2,(H,41,42)(H,43,44)(H,45,46)(H,48,49)(H4,36,37,38)/t26-/m0/s1. The molecule has 3 aromatic rings. The van der Waals surface area contributed by atoms with Crippen LogP contribution in [0.1, 0.15) is 38.3 Å². The van der Waals surface area contributed by atoms with E-state index < -0.39 is 61.4 Å². The van der Waals surface area contributed by atoms with E-state index in [2.05, 4.69) is 5.32 Å². The number of nitrogens with zero attached hydrogens (tertiary/aromatic N) is 2. The fraction of sp³-hybridized carbons (Fsp3) is 0.286. The normalized spacial score (nSPS) is 12.9. The number of nitrogens with one attached hydrogen (secondary N) is 2. The van der Waals surface area contributed by atoms with Crippen molar-refractivity contribution in [3.05, 3.63) is 82.9 Å². The van der Waals surface area contributed by atoms with Gasteiger partial charge in [0.05, 0.1) is 30.8 Å². The van der Waals surface area contributed by atoms with Gasteiger partial charge in [0, 0.05) is 18.7 Å². The van der Waals surface area contributed by atoms with E-state index in [-0.39, 0.29) is 54.8 Å². The second-order valence-electron chi connectivity index (χ2n) is 11.8. The zero-order valence-electron chi connectivity index (χ0n) is 28.1. The molecule has 280 valence electrons. The van der Waals surface area contributed by atoms with Crippen molar-refractivity contribution in [3.63, 3.8) is 0 Å². The monoisotopic (exact) mass is 735 g/mol. The summed E-state index contributed by atoms with van der Waals surface area (Å²) in [6.07, 6.45) is 0.389. The minimum atomic E-state index is -1.67. The number of anilines is 1. The van der Waals surface area contributed by atoms with E-state index in [1.54, 1.807) is 12.1 Å². The predicted octanol–water partition coefficient (Wildman–Crippen LogP) is 1.61. The van der Waals surface area contributed by atoms with Crippen molar-refractivity contribution in [1.82, 2.24) is 9.80 Å². The van der Waals surface area contributed by atoms with Crippen molar-refractivity contribution >= 4 is 47.4 Å². The number of aryl methyl sites for hydroxylation is 1. The van der Waals surface area contributed by atoms with Gasteiger partial charge in [-0.3, -0.25) is 29.5 Å². The number of fused-ring (bicyclic) bond motifs is 2. The van der Waals surface area contributed by atoms with E-state index >= 15 is 0 Å². The predicted molar refractivity (Wildman–Crippen MR) is 185 cm³/mol. The van der Waals surface area contributed by atoms with E-state index in [1.165, 1.54) is 53.4 Å². The Morgan fingerprint density at radius 1 is 0.925 bits per heavy atom. The number of aliphatic carboxylic acids is 4. The summed E-state index contributed by atoms with van der Waals surface area (Å²) in [5.41, 5.74) is 6.89. The lowest BCUT2D eigenvalue weighted by Gasteiger charge is -2.29. The number of hydrogen-bond acceptors (Lipinski definition) is 11. The summed E-state index contributed by atoms with van der Waals surface area (Å²) < 4.78 is 17.1. The number of carbonyl (C=O) groups excluding carboxylic acids is 2. The number of carboxylic acids is 4. The number of carbonyl (C=O) groups is 6. The van der Waals surface area contributed by atoms with E-state index in [9.17, 15) is 39.0 Å². The lowest BCUT2D eigenvalue weighted by molar-refractivity contribution is -0.145. The minimum absolute atomic E-state index is 0.00608. The van der Waals surface area contributed by atoms with Crippen LogP contribution >= 0.6 is 0 Å². The molecule has 0 radical (unpaired) electrons. The van der Waals surface area contributed by atoms with Gasteiger partial charge < -0.3 is 50.6 Å². The Morgan fingerprint density at radius 3 is 2.23 bits per heavy atom. The molecule has 0 aromatic heterocycles. The van der Waals surface area contributed by atoms with Gasteiger partial charge in [0.2, 0.25) is 0 Å². The Balaban J connectivity index is 1.55. The molecule has 0 aliphatic carbocycles. The molecule has 1 atom stereocenters. The SMILES string of the molecule is N=C(N)Nc1ccc2c(c1)CCCOc1c(cccc1C(=O)N(CC(=O)O)[C@@H](Cc1ccc(OCCN(CC(=O)O)CC(=O)O)cc1)C(=O)O)OC2=O. The topological polar surface area (TPSA) is 279 Å². The van der Waals surface area contributed by atoms with Crippen LogP contribution in [0, 0.1) is 5.41 Å². The average molecular weight is 736 g/mol. The fourth-order valence-electron chi connectivity index (χ4n) is 5.53. The Hall–Kier alpha value is -6.69. The van der Waals surface area contributed by atoms with Crippen molar-refractivity contribution in [1.29, 1.82) is 5.41 Å². The molecule has 1 aliphatic rings. The Labute approximate surface area is 301 Å². The largest absolute Gasteiger partial charge is 0.492 e. The maximum absolute atomic E-state index is 14.1. The molecule has 0 unspecified atom stereocenters. The highest BCUT2D eigenvalue weighted by Gasteiger charge is 2.35. The molecule has 53 heavy (non-hydrogen) atoms. The van der Waals surface area contributed by atoms with E-state index in [0.29, 0.717) is 40.3 Å². The van der Waals surface area contributed by atoms with Crippen LogP contribution in [0.2, 0.25) is 0 Å². The van der Waals surface area contributed by atoms with Gasteiger partial charge in [-0.25, -0.2) is 9.59 Å². The van der Waals surface area contributed by atoms with E-state index in [1.807, 2.05) is 0 Å². The zero-order chi connectivity index (χ0) is 38.7. The summed E-state index contributed by atoms with van der Waals surface area (Å²) >= 11 is 0. The van der Waals surface area contributed by atoms with Gasteiger partial charge in [-0.15, -0.1) is 0 Å². The average Bonchev–Trinajstić information content (AvgIpc) is 3.07. The molecular weight excluding hydrogens is 698 g/mol. The van der Waals surface area contributed by atoms with E-state index in [4.69, 9.17) is 35.6 Å². The summed E-state index contributed by atoms with van der Waals surface area (Å²) in [5, 5.41) is 48.0. The maximum atomic E-state index is 14.1. The summed E-state index contributed by atoms with van der Waals surface area (Å²) in [6, 6.07) is 13.1. The molecule has 0 saturated carbocycles. The van der Waals surface area contributed by atoms with Gasteiger partial charge >= 0.3 is 29.8 Å². The van der Waals surface area contributed by atoms with Crippen LogP contribution in [0.25, 0.3) is 0 Å². The second kappa shape index (κ2) is 18.0. The highest BCUT2D eigenvalue weighted by molar-refractivity contribution is 6.02. The van der Waals surface area contributed by atoms with Crippen LogP contribution in [-0.2, 0) is 32.0 Å². The molecule has 18 nitrogen and oxygen atoms in total. The molecule has 1 heterocycles. The molecule has 8 N–H and O–H groups in total. The number of guanidine groups is 1. The van der Waals surface area contributed by atoms with Gasteiger partial charge in [0.15, 0.2) is 17.5 Å². The minimum Gasteiger partial charge on any atom is -0.492 e. The van der Waals surface area contributed by atoms with Gasteiger partial charge in [-0.2, -0.15) is 0 Å². The zero-order valence-corrected chi connectivity index (χ0v) is 28.1. The van der Waals surface area contributed by atoms with Crippen molar-refractivity contribution < 1.29 is 63.4 Å². The number of hydrogen-bond donors (Lipinski definition) is 7. The Bertz CT molecular complexity index is 1870. The number of benzene rings is 3. The first-order valence-electron chi connectivity index (χ1n) is 16.1. The second-order valence-corrected chi connectivity index (χ2v) is 11.8. The van der Waals surface area contributed by atoms with Crippen molar-refractivity contribution in [2.45, 2.75) is 25.3 Å². The highest BCUT2D eigenvalue weighted by atomic mass is 16.6. The van der Waals surface area contributed by atoms with Crippen LogP contribution in [-0.4, -0.2) is 117 Å². The quantitative estimate of drug-likeness (QED) is 0.0476. The van der Waals surface area contributed by atoms with Crippen LogP contribution in [0.4, 0.5) is 5.69 Å². The van der Waals surface area contributed by atoms with Gasteiger partial charge in [0.25, 0.3) is 5.91 Å². The number of nitrogens with two attached hydrogens (primary N) is 1. The third-order valence-corrected chi connectivity index (χ3v) is 7.83. The molecule has 1 amide bonds. The van der Waals surface area contributed by atoms with Gasteiger partial charge in [-0.1, -0.05) is 18.2 Å². The molecular formula is C35H37N5O13. The molecule has 0 bridgehead atoms. The number of amides is 1. The van der Waals surface area contributed by atoms with Crippen molar-refractivity contribution in [3.8, 4) is 17.2 Å². The first-order chi connectivity index (χ1) is 25.2. The first kappa shape index (κ1) is 39.1. The Morgan fingerprint density at radius 2 is 1.60 bits per heavy atom. The summed E-state index contributed by atoms with van der Waals surface area (Å²) in [7, 11) is 0. The molecule has 0 fully saturated rings. The molecule has 3 aromatic carbocycles. The van der Waals surface area contributed by atoms with Crippen molar-refractivity contribution in [2.75, 3.05) is 44.7 Å². The smallest absolute Gasteiger partial charge is 0.343 e. The van der Waals surface area contributed by atoms with Crippen LogP contribution < -0.4 is 25.3 Å². The summed E-state index contributed by atoms with van der Waals surface area (Å²) in [4.78, 5) is 75.8. The van der Waals surface area contributed by atoms with Crippen LogP contribution in [0.3, 0.4) is 0 Å². The van der Waals surface area contributed by atoms with Gasteiger partial charge in [0.1, 0.15) is 24.9 Å². The lowest BCUT2D eigenvalue weighted by atomic mass is 10.0.